The van der Waals surface area contributed by atoms with E-state index < -0.39 is 0 Å². The molecule has 6 nitrogen and oxygen atoms in total. The fourth-order valence-corrected chi connectivity index (χ4v) is 3.89. The number of piperazine rings is 1. The van der Waals surface area contributed by atoms with E-state index in [-0.39, 0.29) is 0 Å². The van der Waals surface area contributed by atoms with Crippen molar-refractivity contribution < 1.29 is 0 Å². The predicted molar refractivity (Wildman–Crippen MR) is 106 cm³/mol. The molecular weight excluding hydrogens is 360 g/mol. The molecule has 0 radical (unpaired) electrons. The largest absolute Gasteiger partial charge is 0.307 e. The number of fused-ring (bicyclic) bond motifs is 2. The van der Waals surface area contributed by atoms with Crippen molar-refractivity contribution in [2.45, 2.75) is 13.1 Å². The van der Waals surface area contributed by atoms with Gasteiger partial charge in [0.05, 0.1) is 16.4 Å². The molecule has 138 valence electrons. The van der Waals surface area contributed by atoms with Crippen LogP contribution in [0.5, 0.6) is 0 Å². The van der Waals surface area contributed by atoms with Crippen LogP contribution in [0.25, 0.3) is 11.3 Å². The Hall–Kier alpha value is -2.41. The second-order valence-corrected chi connectivity index (χ2v) is 7.53. The molecule has 0 bridgehead atoms. The summed E-state index contributed by atoms with van der Waals surface area (Å²) in [5.41, 5.74) is 4.18. The molecule has 0 atom stereocenters. The zero-order valence-electron chi connectivity index (χ0n) is 15.0. The van der Waals surface area contributed by atoms with Gasteiger partial charge in [0, 0.05) is 64.1 Å². The SMILES string of the molecule is Clc1ccc2nc(CN3CCN(Cc4cn5ccccc5n4)CC3)cn2c1. The molecule has 0 N–H and O–H groups in total. The molecule has 27 heavy (non-hydrogen) atoms. The van der Waals surface area contributed by atoms with E-state index in [2.05, 4.69) is 26.6 Å². The molecule has 1 aliphatic rings. The van der Waals surface area contributed by atoms with Gasteiger partial charge in [-0.3, -0.25) is 9.80 Å². The third-order valence-electron chi connectivity index (χ3n) is 5.11. The number of nitrogens with zero attached hydrogens (tertiary/aromatic N) is 6. The smallest absolute Gasteiger partial charge is 0.137 e. The summed E-state index contributed by atoms with van der Waals surface area (Å²) in [6.45, 7) is 5.97. The minimum Gasteiger partial charge on any atom is -0.307 e. The molecule has 0 spiro atoms. The lowest BCUT2D eigenvalue weighted by molar-refractivity contribution is 0.120. The topological polar surface area (TPSA) is 41.1 Å². The van der Waals surface area contributed by atoms with Crippen LogP contribution in [0.3, 0.4) is 0 Å². The zero-order valence-corrected chi connectivity index (χ0v) is 15.8. The van der Waals surface area contributed by atoms with Crippen molar-refractivity contribution >= 4 is 22.9 Å². The molecule has 4 aromatic heterocycles. The quantitative estimate of drug-likeness (QED) is 0.546. The van der Waals surface area contributed by atoms with Gasteiger partial charge in [-0.25, -0.2) is 9.97 Å². The fourth-order valence-electron chi connectivity index (χ4n) is 3.72. The molecule has 0 saturated carbocycles. The lowest BCUT2D eigenvalue weighted by Gasteiger charge is -2.33. The van der Waals surface area contributed by atoms with Crippen molar-refractivity contribution in [1.29, 1.82) is 0 Å². The summed E-state index contributed by atoms with van der Waals surface area (Å²) in [5, 5.41) is 0.729. The molecule has 1 saturated heterocycles. The van der Waals surface area contributed by atoms with E-state index in [1.54, 1.807) is 0 Å². The first-order valence-corrected chi connectivity index (χ1v) is 9.61. The Bertz CT molecular complexity index is 1040. The van der Waals surface area contributed by atoms with Gasteiger partial charge in [-0.2, -0.15) is 0 Å². The van der Waals surface area contributed by atoms with Crippen LogP contribution in [0.15, 0.2) is 55.1 Å². The van der Waals surface area contributed by atoms with Crippen molar-refractivity contribution in [2.24, 2.45) is 0 Å². The third-order valence-corrected chi connectivity index (χ3v) is 5.34. The monoisotopic (exact) mass is 380 g/mol. The fraction of sp³-hybridized carbons (Fsp3) is 0.300. The highest BCUT2D eigenvalue weighted by Crippen LogP contribution is 2.15. The molecule has 5 rings (SSSR count). The Morgan fingerprint density at radius 2 is 1.37 bits per heavy atom. The van der Waals surface area contributed by atoms with Crippen molar-refractivity contribution in [3.8, 4) is 0 Å². The summed E-state index contributed by atoms with van der Waals surface area (Å²) in [6.07, 6.45) is 8.15. The number of hydrogen-bond acceptors (Lipinski definition) is 4. The van der Waals surface area contributed by atoms with Crippen molar-refractivity contribution in [3.63, 3.8) is 0 Å². The summed E-state index contributed by atoms with van der Waals surface area (Å²) in [4.78, 5) is 14.3. The first-order chi connectivity index (χ1) is 13.2. The Morgan fingerprint density at radius 3 is 2.04 bits per heavy atom. The molecule has 5 heterocycles. The van der Waals surface area contributed by atoms with Gasteiger partial charge < -0.3 is 8.80 Å². The first-order valence-electron chi connectivity index (χ1n) is 9.23. The van der Waals surface area contributed by atoms with Gasteiger partial charge in [0.1, 0.15) is 11.3 Å². The number of halogens is 1. The van der Waals surface area contributed by atoms with Crippen LogP contribution in [-0.4, -0.2) is 54.7 Å². The Balaban J connectivity index is 1.19. The standard InChI is InChI=1S/C20H21ClN6/c21-16-4-5-20-23-18(15-27(20)11-16)13-25-9-7-24(8-10-25)12-17-14-26-6-2-1-3-19(26)22-17/h1-6,11,14-15H,7-10,12-13H2. The van der Waals surface area contributed by atoms with E-state index in [1.165, 1.54) is 0 Å². The second kappa shape index (κ2) is 6.96. The number of imidazole rings is 2. The van der Waals surface area contributed by atoms with E-state index in [0.29, 0.717) is 0 Å². The van der Waals surface area contributed by atoms with Crippen LogP contribution in [-0.2, 0) is 13.1 Å². The summed E-state index contributed by atoms with van der Waals surface area (Å²) in [6, 6.07) is 9.94. The van der Waals surface area contributed by atoms with Crippen LogP contribution in [0.4, 0.5) is 0 Å². The van der Waals surface area contributed by atoms with Gasteiger partial charge in [0.15, 0.2) is 0 Å². The Kier molecular flexibility index (Phi) is 4.32. The van der Waals surface area contributed by atoms with Crippen LogP contribution < -0.4 is 0 Å². The minimum atomic E-state index is 0.729. The molecule has 1 aliphatic heterocycles. The minimum absolute atomic E-state index is 0.729. The van der Waals surface area contributed by atoms with E-state index in [1.807, 2.05) is 47.1 Å². The van der Waals surface area contributed by atoms with Crippen molar-refractivity contribution in [2.75, 3.05) is 26.2 Å². The first kappa shape index (κ1) is 16.7. The lowest BCUT2D eigenvalue weighted by atomic mass is 10.3. The molecule has 0 aromatic carbocycles. The Labute approximate surface area is 162 Å². The number of aromatic nitrogens is 4. The average molecular weight is 381 g/mol. The number of rotatable bonds is 4. The summed E-state index contributed by atoms with van der Waals surface area (Å²) in [7, 11) is 0. The maximum Gasteiger partial charge on any atom is 0.137 e. The Morgan fingerprint density at radius 1 is 0.741 bits per heavy atom. The molecule has 1 fully saturated rings. The van der Waals surface area contributed by atoms with Gasteiger partial charge in [-0.15, -0.1) is 0 Å². The predicted octanol–water partition coefficient (Wildman–Crippen LogP) is 2.95. The van der Waals surface area contributed by atoms with E-state index in [4.69, 9.17) is 21.6 Å². The van der Waals surface area contributed by atoms with Gasteiger partial charge in [0.25, 0.3) is 0 Å². The summed E-state index contributed by atoms with van der Waals surface area (Å²) < 4.78 is 4.08. The van der Waals surface area contributed by atoms with E-state index in [0.717, 1.165) is 67.0 Å². The molecule has 4 aromatic rings. The van der Waals surface area contributed by atoms with Crippen LogP contribution in [0.1, 0.15) is 11.4 Å². The molecular formula is C20H21ClN6. The number of hydrogen-bond donors (Lipinski definition) is 0. The van der Waals surface area contributed by atoms with E-state index >= 15 is 0 Å². The van der Waals surface area contributed by atoms with Crippen molar-refractivity contribution in [3.05, 3.63) is 71.5 Å². The maximum atomic E-state index is 6.06. The highest BCUT2D eigenvalue weighted by atomic mass is 35.5. The average Bonchev–Trinajstić information content (AvgIpc) is 3.25. The third kappa shape index (κ3) is 3.56. The lowest BCUT2D eigenvalue weighted by Crippen LogP contribution is -2.45. The maximum absolute atomic E-state index is 6.06. The molecule has 0 aliphatic carbocycles. The molecule has 0 unspecified atom stereocenters. The molecule has 7 heteroatoms. The van der Waals surface area contributed by atoms with Gasteiger partial charge in [-0.05, 0) is 24.3 Å². The summed E-state index contributed by atoms with van der Waals surface area (Å²) >= 11 is 6.06. The van der Waals surface area contributed by atoms with Crippen LogP contribution >= 0.6 is 11.6 Å². The molecule has 0 amide bonds. The van der Waals surface area contributed by atoms with E-state index in [9.17, 15) is 0 Å². The van der Waals surface area contributed by atoms with Crippen LogP contribution in [0.2, 0.25) is 5.02 Å². The van der Waals surface area contributed by atoms with Crippen molar-refractivity contribution in [1.82, 2.24) is 28.6 Å². The van der Waals surface area contributed by atoms with Crippen LogP contribution in [0, 0.1) is 0 Å². The van der Waals surface area contributed by atoms with Gasteiger partial charge >= 0.3 is 0 Å². The van der Waals surface area contributed by atoms with Gasteiger partial charge in [0.2, 0.25) is 0 Å². The second-order valence-electron chi connectivity index (χ2n) is 7.10. The highest BCUT2D eigenvalue weighted by Gasteiger charge is 2.19. The zero-order chi connectivity index (χ0) is 18.2. The number of pyridine rings is 2. The normalized spacial score (nSPS) is 16.5. The highest BCUT2D eigenvalue weighted by molar-refractivity contribution is 6.30. The van der Waals surface area contributed by atoms with Gasteiger partial charge in [-0.1, -0.05) is 17.7 Å². The summed E-state index contributed by atoms with van der Waals surface area (Å²) in [5.74, 6) is 0.